The molecular weight excluding hydrogens is 204 g/mol. The van der Waals surface area contributed by atoms with E-state index in [9.17, 15) is 4.79 Å². The summed E-state index contributed by atoms with van der Waals surface area (Å²) in [5.74, 6) is 0.139. The minimum absolute atomic E-state index is 0.139. The van der Waals surface area contributed by atoms with E-state index in [1.165, 1.54) is 25.8 Å². The summed E-state index contributed by atoms with van der Waals surface area (Å²) in [6, 6.07) is 0.919. The maximum absolute atomic E-state index is 11.9. The van der Waals surface area contributed by atoms with E-state index in [2.05, 4.69) is 11.8 Å². The monoisotopic (exact) mass is 226 g/mol. The molecule has 0 aliphatic carbocycles. The summed E-state index contributed by atoms with van der Waals surface area (Å²) in [4.78, 5) is 16.4. The first-order valence-electron chi connectivity index (χ1n) is 6.25. The van der Waals surface area contributed by atoms with Crippen LogP contribution in [0.4, 0.5) is 0 Å². The van der Waals surface area contributed by atoms with Gasteiger partial charge in [-0.2, -0.15) is 0 Å². The van der Waals surface area contributed by atoms with Crippen LogP contribution in [0.5, 0.6) is 0 Å². The Bertz CT molecular complexity index is 257. The van der Waals surface area contributed by atoms with Gasteiger partial charge in [0.25, 0.3) is 0 Å². The molecular formula is C12H22N2O2. The summed E-state index contributed by atoms with van der Waals surface area (Å²) in [6.45, 7) is 5.49. The number of methoxy groups -OCH3 is 1. The van der Waals surface area contributed by atoms with Crippen molar-refractivity contribution in [1.82, 2.24) is 9.80 Å². The Labute approximate surface area is 97.5 Å². The number of carbonyl (C=O) groups is 1. The molecule has 0 aromatic carbocycles. The number of carbonyl (C=O) groups excluding carboxylic acids is 1. The molecule has 2 rings (SSSR count). The predicted octanol–water partition coefficient (Wildman–Crippen LogP) is 0.718. The zero-order valence-electron chi connectivity index (χ0n) is 10.3. The lowest BCUT2D eigenvalue weighted by Crippen LogP contribution is -2.60. The smallest absolute Gasteiger partial charge is 0.248 e. The van der Waals surface area contributed by atoms with Gasteiger partial charge in [0.05, 0.1) is 0 Å². The first kappa shape index (κ1) is 11.9. The summed E-state index contributed by atoms with van der Waals surface area (Å²) in [5, 5.41) is 0. The molecule has 0 aromatic heterocycles. The number of piperazine rings is 1. The van der Waals surface area contributed by atoms with E-state index in [-0.39, 0.29) is 12.5 Å². The molecule has 2 unspecified atom stereocenters. The molecule has 4 heteroatoms. The molecule has 2 saturated heterocycles. The van der Waals surface area contributed by atoms with E-state index < -0.39 is 0 Å². The summed E-state index contributed by atoms with van der Waals surface area (Å²) in [5.41, 5.74) is 0. The molecule has 16 heavy (non-hydrogen) atoms. The van der Waals surface area contributed by atoms with Crippen molar-refractivity contribution in [2.24, 2.45) is 0 Å². The molecule has 92 valence electrons. The lowest BCUT2D eigenvalue weighted by Gasteiger charge is -2.47. The SMILES string of the molecule is COCC(=O)N1CC2CCCCN2CC1C. The zero-order chi connectivity index (χ0) is 11.5. The summed E-state index contributed by atoms with van der Waals surface area (Å²) in [7, 11) is 1.58. The highest BCUT2D eigenvalue weighted by atomic mass is 16.5. The number of hydrogen-bond acceptors (Lipinski definition) is 3. The van der Waals surface area contributed by atoms with Gasteiger partial charge in [-0.25, -0.2) is 0 Å². The number of amides is 1. The molecule has 0 aromatic rings. The van der Waals surface area contributed by atoms with Crippen molar-refractivity contribution < 1.29 is 9.53 Å². The number of ether oxygens (including phenoxy) is 1. The van der Waals surface area contributed by atoms with E-state index in [0.29, 0.717) is 12.1 Å². The van der Waals surface area contributed by atoms with Crippen LogP contribution in [0, 0.1) is 0 Å². The molecule has 4 nitrogen and oxygen atoms in total. The second kappa shape index (κ2) is 5.15. The molecule has 2 heterocycles. The largest absolute Gasteiger partial charge is 0.375 e. The van der Waals surface area contributed by atoms with Gasteiger partial charge < -0.3 is 9.64 Å². The molecule has 2 atom stereocenters. The fourth-order valence-electron chi connectivity index (χ4n) is 2.91. The van der Waals surface area contributed by atoms with Crippen molar-refractivity contribution in [1.29, 1.82) is 0 Å². The minimum Gasteiger partial charge on any atom is -0.375 e. The first-order chi connectivity index (χ1) is 7.72. The lowest BCUT2D eigenvalue weighted by atomic mass is 9.97. The van der Waals surface area contributed by atoms with Crippen LogP contribution in [0.2, 0.25) is 0 Å². The molecule has 0 N–H and O–H groups in total. The van der Waals surface area contributed by atoms with Crippen molar-refractivity contribution in [3.8, 4) is 0 Å². The Balaban J connectivity index is 1.97. The second-order valence-corrected chi connectivity index (χ2v) is 4.97. The van der Waals surface area contributed by atoms with Crippen molar-refractivity contribution in [3.63, 3.8) is 0 Å². The average Bonchev–Trinajstić information content (AvgIpc) is 2.28. The second-order valence-electron chi connectivity index (χ2n) is 4.97. The summed E-state index contributed by atoms with van der Waals surface area (Å²) >= 11 is 0. The van der Waals surface area contributed by atoms with E-state index in [0.717, 1.165) is 13.1 Å². The van der Waals surface area contributed by atoms with Crippen LogP contribution in [0.1, 0.15) is 26.2 Å². The lowest BCUT2D eigenvalue weighted by molar-refractivity contribution is -0.142. The molecule has 0 spiro atoms. The molecule has 2 aliphatic rings. The molecule has 0 radical (unpaired) electrons. The Kier molecular flexibility index (Phi) is 3.82. The van der Waals surface area contributed by atoms with E-state index in [1.807, 2.05) is 4.90 Å². The molecule has 2 aliphatic heterocycles. The Morgan fingerprint density at radius 1 is 1.38 bits per heavy atom. The highest BCUT2D eigenvalue weighted by Crippen LogP contribution is 2.23. The number of hydrogen-bond donors (Lipinski definition) is 0. The van der Waals surface area contributed by atoms with E-state index in [4.69, 9.17) is 4.74 Å². The number of piperidine rings is 1. The Morgan fingerprint density at radius 2 is 2.19 bits per heavy atom. The summed E-state index contributed by atoms with van der Waals surface area (Å²) in [6.07, 6.45) is 3.86. The van der Waals surface area contributed by atoms with Gasteiger partial charge in [-0.3, -0.25) is 9.69 Å². The van der Waals surface area contributed by atoms with Gasteiger partial charge in [0.2, 0.25) is 5.91 Å². The molecule has 0 bridgehead atoms. The quantitative estimate of drug-likeness (QED) is 0.695. The van der Waals surface area contributed by atoms with Crippen LogP contribution >= 0.6 is 0 Å². The predicted molar refractivity (Wildman–Crippen MR) is 62.3 cm³/mol. The van der Waals surface area contributed by atoms with Crippen molar-refractivity contribution in [2.45, 2.75) is 38.3 Å². The highest BCUT2D eigenvalue weighted by molar-refractivity contribution is 5.78. The van der Waals surface area contributed by atoms with Gasteiger partial charge in [-0.15, -0.1) is 0 Å². The van der Waals surface area contributed by atoms with E-state index >= 15 is 0 Å². The van der Waals surface area contributed by atoms with Crippen molar-refractivity contribution in [3.05, 3.63) is 0 Å². The van der Waals surface area contributed by atoms with Gasteiger partial charge >= 0.3 is 0 Å². The van der Waals surface area contributed by atoms with Crippen molar-refractivity contribution >= 4 is 5.91 Å². The van der Waals surface area contributed by atoms with Crippen LogP contribution in [0.25, 0.3) is 0 Å². The number of fused-ring (bicyclic) bond motifs is 1. The van der Waals surface area contributed by atoms with Crippen LogP contribution in [0.15, 0.2) is 0 Å². The van der Waals surface area contributed by atoms with Gasteiger partial charge in [-0.1, -0.05) is 6.42 Å². The number of rotatable bonds is 2. The van der Waals surface area contributed by atoms with Crippen LogP contribution in [0.3, 0.4) is 0 Å². The normalized spacial score (nSPS) is 31.2. The standard InChI is InChI=1S/C12H22N2O2/c1-10-7-13-6-4-3-5-11(13)8-14(10)12(15)9-16-2/h10-11H,3-9H2,1-2H3. The third kappa shape index (κ3) is 2.38. The van der Waals surface area contributed by atoms with Gasteiger partial charge in [-0.05, 0) is 26.3 Å². The maximum Gasteiger partial charge on any atom is 0.248 e. The van der Waals surface area contributed by atoms with Crippen LogP contribution in [-0.2, 0) is 9.53 Å². The first-order valence-corrected chi connectivity index (χ1v) is 6.25. The average molecular weight is 226 g/mol. The fraction of sp³-hybridized carbons (Fsp3) is 0.917. The van der Waals surface area contributed by atoms with Crippen LogP contribution in [-0.4, -0.2) is 61.1 Å². The van der Waals surface area contributed by atoms with Gasteiger partial charge in [0.15, 0.2) is 0 Å². The van der Waals surface area contributed by atoms with Crippen LogP contribution < -0.4 is 0 Å². The Morgan fingerprint density at radius 3 is 2.94 bits per heavy atom. The molecule has 2 fully saturated rings. The highest BCUT2D eigenvalue weighted by Gasteiger charge is 2.34. The third-order valence-corrected chi connectivity index (χ3v) is 3.78. The zero-order valence-corrected chi connectivity index (χ0v) is 10.3. The third-order valence-electron chi connectivity index (χ3n) is 3.78. The minimum atomic E-state index is 0.139. The molecule has 0 saturated carbocycles. The number of nitrogens with zero attached hydrogens (tertiary/aromatic N) is 2. The molecule has 1 amide bonds. The Hall–Kier alpha value is -0.610. The summed E-state index contributed by atoms with van der Waals surface area (Å²) < 4.78 is 4.94. The van der Waals surface area contributed by atoms with Crippen molar-refractivity contribution in [2.75, 3.05) is 33.4 Å². The van der Waals surface area contributed by atoms with Gasteiger partial charge in [0.1, 0.15) is 6.61 Å². The van der Waals surface area contributed by atoms with E-state index in [1.54, 1.807) is 7.11 Å². The maximum atomic E-state index is 11.9. The fourth-order valence-corrected chi connectivity index (χ4v) is 2.91. The van der Waals surface area contributed by atoms with Gasteiger partial charge in [0, 0.05) is 32.3 Å². The topological polar surface area (TPSA) is 32.8 Å².